The predicted octanol–water partition coefficient (Wildman–Crippen LogP) is -1.26. The first-order valence-corrected chi connectivity index (χ1v) is 16.1. The molecule has 2 amide bonds. The summed E-state index contributed by atoms with van der Waals surface area (Å²) in [6, 6.07) is 7.87. The molecular weight excluding hydrogens is 661 g/mol. The molecule has 4 heterocycles. The van der Waals surface area contributed by atoms with Gasteiger partial charge in [-0.05, 0) is 31.6 Å². The zero-order chi connectivity index (χ0) is 33.3. The summed E-state index contributed by atoms with van der Waals surface area (Å²) in [6.07, 6.45) is 0. The van der Waals surface area contributed by atoms with Crippen LogP contribution < -0.4 is 32.2 Å². The van der Waals surface area contributed by atoms with E-state index in [2.05, 4.69) is 25.4 Å². The number of fused-ring (bicyclic) bond motifs is 1. The van der Waals surface area contributed by atoms with Crippen LogP contribution in [0.2, 0.25) is 0 Å². The maximum absolute atomic E-state index is 13.3. The molecule has 1 unspecified atom stereocenters. The second-order valence-electron chi connectivity index (χ2n) is 10.2. The molecule has 3 aromatic rings. The third kappa shape index (κ3) is 6.39. The van der Waals surface area contributed by atoms with Crippen LogP contribution in [0.1, 0.15) is 19.5 Å². The van der Waals surface area contributed by atoms with E-state index < -0.39 is 46.5 Å². The summed E-state index contributed by atoms with van der Waals surface area (Å²) in [6.45, 7) is 2.46. The van der Waals surface area contributed by atoms with Gasteiger partial charge >= 0.3 is 17.9 Å². The van der Waals surface area contributed by atoms with Crippen LogP contribution in [-0.2, 0) is 24.0 Å². The normalized spacial score (nSPS) is 18.1. The van der Waals surface area contributed by atoms with Crippen LogP contribution in [-0.4, -0.2) is 82.9 Å². The number of amides is 2. The molecular formula is C26H26N10O7S3. The van der Waals surface area contributed by atoms with Crippen LogP contribution in [0.4, 0.5) is 17.0 Å². The van der Waals surface area contributed by atoms with Crippen molar-refractivity contribution in [2.45, 2.75) is 36.0 Å². The standard InChI is InChI=1S/C26H26N10O7S3/c1-26(2,21(41)42)43-34-14(13-10-45-24(29)30-13)17(37)31-15-18(38)36-16(20(39)40)11(8-44-19(15)36)9-46-25-33-22(27)32-23(28)35(25)12-6-4-3-5-7-12/h3-7,10,15,19H,8-9H2,1-2H3,(H8,27,28,29,30,31,32,37,39,40,41,42)/b34-14-/t15?,19-/m1/s1. The maximum Gasteiger partial charge on any atom is 0.354 e. The number of thioether (sulfide) groups is 2. The summed E-state index contributed by atoms with van der Waals surface area (Å²) < 4.78 is 1.57. The van der Waals surface area contributed by atoms with E-state index in [4.69, 9.17) is 22.0 Å². The van der Waals surface area contributed by atoms with E-state index in [1.165, 1.54) is 31.0 Å². The number of nitrogens with one attached hydrogen (secondary N) is 1. The molecule has 1 fully saturated rings. The Labute approximate surface area is 272 Å². The summed E-state index contributed by atoms with van der Waals surface area (Å²) in [7, 11) is 0. The average Bonchev–Trinajstić information content (AvgIpc) is 3.43. The van der Waals surface area contributed by atoms with E-state index in [1.54, 1.807) is 28.8 Å². The number of oxime groups is 1. The molecule has 17 nitrogen and oxygen atoms in total. The second-order valence-corrected chi connectivity index (χ2v) is 13.1. The number of nitrogens with two attached hydrogens (primary N) is 3. The molecule has 2 aliphatic heterocycles. The van der Waals surface area contributed by atoms with Gasteiger partial charge in [0.25, 0.3) is 17.0 Å². The summed E-state index contributed by atoms with van der Waals surface area (Å²) in [4.78, 5) is 68.9. The highest BCUT2D eigenvalue weighted by molar-refractivity contribution is 8.01. The van der Waals surface area contributed by atoms with Gasteiger partial charge in [0, 0.05) is 16.9 Å². The van der Waals surface area contributed by atoms with Crippen molar-refractivity contribution < 1.29 is 38.8 Å². The van der Waals surface area contributed by atoms with Crippen LogP contribution in [0, 0.1) is 0 Å². The molecule has 240 valence electrons. The Morgan fingerprint density at radius 1 is 1.22 bits per heavy atom. The Morgan fingerprint density at radius 2 is 1.93 bits per heavy atom. The first-order valence-electron chi connectivity index (χ1n) is 13.2. The Kier molecular flexibility index (Phi) is 9.03. The first-order chi connectivity index (χ1) is 21.8. The highest BCUT2D eigenvalue weighted by Gasteiger charge is 2.53. The third-order valence-electron chi connectivity index (χ3n) is 6.64. The number of nitrogen functional groups attached to an aromatic ring is 3. The van der Waals surface area contributed by atoms with E-state index in [0.29, 0.717) is 16.4 Å². The van der Waals surface area contributed by atoms with Crippen LogP contribution in [0.15, 0.2) is 57.3 Å². The molecule has 0 radical (unpaired) electrons. The number of β-lactam (4-membered cyclic amide) rings is 1. The number of carbonyl (C=O) groups is 4. The van der Waals surface area contributed by atoms with Crippen LogP contribution >= 0.6 is 34.9 Å². The van der Waals surface area contributed by atoms with Gasteiger partial charge in [-0.15, -0.1) is 23.1 Å². The molecule has 2 aliphatic rings. The first kappa shape index (κ1) is 32.4. The minimum absolute atomic E-state index is 0.00511. The summed E-state index contributed by atoms with van der Waals surface area (Å²) >= 11 is 3.38. The van der Waals surface area contributed by atoms with Gasteiger partial charge in [-0.2, -0.15) is 4.57 Å². The molecule has 5 rings (SSSR count). The van der Waals surface area contributed by atoms with E-state index in [0.717, 1.165) is 28.0 Å². The van der Waals surface area contributed by atoms with Crippen LogP contribution in [0.5, 0.6) is 0 Å². The molecule has 8 N–H and O–H groups in total. The number of carbonyl (C=O) groups excluding carboxylic acids is 3. The molecule has 2 aromatic heterocycles. The zero-order valence-corrected chi connectivity index (χ0v) is 26.5. The Balaban J connectivity index is 1.36. The third-order valence-corrected chi connectivity index (χ3v) is 9.67. The lowest BCUT2D eigenvalue weighted by Crippen LogP contribution is -2.71. The number of carboxylic acid groups (broad SMARTS) is 2. The van der Waals surface area contributed by atoms with E-state index in [1.807, 2.05) is 6.07 Å². The molecule has 0 spiro atoms. The summed E-state index contributed by atoms with van der Waals surface area (Å²) in [5.74, 6) is -4.25. The van der Waals surface area contributed by atoms with Gasteiger partial charge < -0.3 is 42.4 Å². The average molecular weight is 687 g/mol. The number of hydrogen-bond donors (Lipinski definition) is 5. The van der Waals surface area contributed by atoms with Crippen molar-refractivity contribution in [3.05, 3.63) is 52.7 Å². The fraction of sp³-hybridized carbons (Fsp3) is 0.269. The number of benzene rings is 1. The molecule has 1 saturated heterocycles. The number of hydrogen-bond acceptors (Lipinski definition) is 16. The number of aliphatic carboxylic acids is 2. The van der Waals surface area contributed by atoms with Gasteiger partial charge in [0.15, 0.2) is 10.8 Å². The lowest BCUT2D eigenvalue weighted by atomic mass is 10.0. The minimum atomic E-state index is -1.79. The van der Waals surface area contributed by atoms with Gasteiger partial charge in [-0.1, -0.05) is 45.1 Å². The predicted molar refractivity (Wildman–Crippen MR) is 166 cm³/mol. The summed E-state index contributed by atoms with van der Waals surface area (Å²) in [5.41, 5.74) is 16.2. The highest BCUT2D eigenvalue weighted by Crippen LogP contribution is 2.41. The van der Waals surface area contributed by atoms with Gasteiger partial charge in [-0.25, -0.2) is 9.78 Å². The van der Waals surface area contributed by atoms with Gasteiger partial charge in [-0.3, -0.25) is 14.5 Å². The monoisotopic (exact) mass is 686 g/mol. The molecule has 2 atom stereocenters. The molecule has 0 aliphatic carbocycles. The van der Waals surface area contributed by atoms with Crippen molar-refractivity contribution >= 4 is 81.4 Å². The summed E-state index contributed by atoms with van der Waals surface area (Å²) in [5, 5.41) is 29.0. The van der Waals surface area contributed by atoms with Gasteiger partial charge in [0.2, 0.25) is 5.60 Å². The quantitative estimate of drug-likeness (QED) is 0.0518. The van der Waals surface area contributed by atoms with E-state index >= 15 is 0 Å². The zero-order valence-electron chi connectivity index (χ0n) is 24.1. The van der Waals surface area contributed by atoms with Crippen molar-refractivity contribution in [2.24, 2.45) is 5.16 Å². The molecule has 20 heteroatoms. The van der Waals surface area contributed by atoms with Crippen molar-refractivity contribution in [1.82, 2.24) is 25.2 Å². The Hall–Kier alpha value is -4.95. The number of para-hydroxylation sites is 1. The number of anilines is 3. The van der Waals surface area contributed by atoms with Crippen molar-refractivity contribution in [3.63, 3.8) is 0 Å². The Bertz CT molecular complexity index is 1800. The van der Waals surface area contributed by atoms with Gasteiger partial charge in [0.05, 0.1) is 17.4 Å². The van der Waals surface area contributed by atoms with E-state index in [9.17, 15) is 29.4 Å². The molecule has 0 saturated carbocycles. The lowest BCUT2D eigenvalue weighted by Gasteiger charge is -2.50. The molecule has 1 aromatic carbocycles. The van der Waals surface area contributed by atoms with Crippen molar-refractivity contribution in [1.29, 1.82) is 0 Å². The molecule has 0 bridgehead atoms. The van der Waals surface area contributed by atoms with Crippen molar-refractivity contribution in [3.8, 4) is 5.69 Å². The number of thiazole rings is 1. The topological polar surface area (TPSA) is 269 Å². The number of nitrogens with zero attached hydrogens (tertiary/aromatic N) is 6. The lowest BCUT2D eigenvalue weighted by molar-refractivity contribution is -0.628. The Morgan fingerprint density at radius 3 is 2.57 bits per heavy atom. The number of aromatic nitrogens is 4. The largest absolute Gasteiger partial charge is 0.543 e. The van der Waals surface area contributed by atoms with Gasteiger partial charge in [0.1, 0.15) is 17.1 Å². The fourth-order valence-corrected chi connectivity index (χ4v) is 7.35. The fourth-order valence-electron chi connectivity index (χ4n) is 4.30. The highest BCUT2D eigenvalue weighted by atomic mass is 32.2. The minimum Gasteiger partial charge on any atom is -0.543 e. The van der Waals surface area contributed by atoms with Crippen LogP contribution in [0.25, 0.3) is 5.69 Å². The smallest absolute Gasteiger partial charge is 0.354 e. The van der Waals surface area contributed by atoms with Crippen LogP contribution in [0.3, 0.4) is 0 Å². The van der Waals surface area contributed by atoms with Crippen molar-refractivity contribution in [2.75, 3.05) is 28.7 Å². The number of carboxylic acids is 2. The molecule has 46 heavy (non-hydrogen) atoms. The van der Waals surface area contributed by atoms with E-state index in [-0.39, 0.29) is 39.9 Å². The maximum atomic E-state index is 13.3. The SMILES string of the molecule is CC(C)(O/N=C(\C(=O)NC1C(=O)N2C(C(=O)[O-])=C(CSc3nc(N)nc(N)[n+]3-c3ccccc3)CS[C@H]12)c1csc(N)n1)C(=O)O. The second kappa shape index (κ2) is 12.8. The number of rotatable bonds is 11.